The fourth-order valence-electron chi connectivity index (χ4n) is 2.01. The minimum absolute atomic E-state index is 0.572. The van der Waals surface area contributed by atoms with Crippen molar-refractivity contribution in [3.05, 3.63) is 42.7 Å². The maximum atomic E-state index is 4.15. The minimum atomic E-state index is 0.572. The van der Waals surface area contributed by atoms with Gasteiger partial charge >= 0.3 is 0 Å². The van der Waals surface area contributed by atoms with Gasteiger partial charge in [-0.1, -0.05) is 25.0 Å². The molecule has 1 heterocycles. The summed E-state index contributed by atoms with van der Waals surface area (Å²) in [5.41, 5.74) is 1.32. The first-order chi connectivity index (χ1) is 8.36. The van der Waals surface area contributed by atoms with E-state index in [0.717, 1.165) is 12.8 Å². The topological polar surface area (TPSA) is 24.9 Å². The van der Waals surface area contributed by atoms with Crippen LogP contribution in [0.15, 0.2) is 37.2 Å². The van der Waals surface area contributed by atoms with Crippen molar-refractivity contribution in [1.82, 2.24) is 10.3 Å². The third-order valence-corrected chi connectivity index (χ3v) is 3.07. The Hall–Kier alpha value is -1.15. The number of nitrogens with zero attached hydrogens (tertiary/aromatic N) is 1. The van der Waals surface area contributed by atoms with Crippen LogP contribution in [0.4, 0.5) is 0 Å². The van der Waals surface area contributed by atoms with Crippen LogP contribution in [0, 0.1) is 0 Å². The maximum absolute atomic E-state index is 4.15. The summed E-state index contributed by atoms with van der Waals surface area (Å²) in [5, 5.41) is 3.39. The quantitative estimate of drug-likeness (QED) is 0.522. The van der Waals surface area contributed by atoms with E-state index in [-0.39, 0.29) is 0 Å². The number of allylic oxidation sites excluding steroid dienone is 1. The second-order valence-corrected chi connectivity index (χ2v) is 4.48. The molecule has 0 aliphatic heterocycles. The number of aromatic nitrogens is 1. The van der Waals surface area contributed by atoms with Gasteiger partial charge in [0.2, 0.25) is 0 Å². The predicted molar refractivity (Wildman–Crippen MR) is 74.1 cm³/mol. The van der Waals surface area contributed by atoms with Gasteiger partial charge < -0.3 is 5.32 Å². The molecular weight excluding hydrogens is 208 g/mol. The van der Waals surface area contributed by atoms with E-state index in [1.807, 2.05) is 31.6 Å². The molecule has 94 valence electrons. The molecule has 0 saturated heterocycles. The zero-order valence-corrected chi connectivity index (χ0v) is 10.9. The molecule has 2 heteroatoms. The lowest BCUT2D eigenvalue weighted by atomic mass is 10.0. The normalized spacial score (nSPS) is 12.3. The first-order valence-corrected chi connectivity index (χ1v) is 6.54. The van der Waals surface area contributed by atoms with E-state index in [4.69, 9.17) is 0 Å². The summed E-state index contributed by atoms with van der Waals surface area (Å²) in [6.07, 6.45) is 13.1. The summed E-state index contributed by atoms with van der Waals surface area (Å²) < 4.78 is 0. The molecule has 1 unspecified atom stereocenters. The van der Waals surface area contributed by atoms with Crippen molar-refractivity contribution in [3.8, 4) is 0 Å². The Bertz CT molecular complexity index is 295. The molecule has 0 radical (unpaired) electrons. The highest BCUT2D eigenvalue weighted by atomic mass is 14.9. The SMILES string of the molecule is C=CCCCCCC(Cc1cccnc1)NC. The van der Waals surface area contributed by atoms with E-state index < -0.39 is 0 Å². The van der Waals surface area contributed by atoms with Crippen LogP contribution in [0.5, 0.6) is 0 Å². The number of rotatable bonds is 9. The zero-order valence-electron chi connectivity index (χ0n) is 10.9. The molecule has 0 aromatic carbocycles. The van der Waals surface area contributed by atoms with Crippen molar-refractivity contribution >= 4 is 0 Å². The molecule has 17 heavy (non-hydrogen) atoms. The average molecular weight is 232 g/mol. The molecule has 0 saturated carbocycles. The van der Waals surface area contributed by atoms with Crippen molar-refractivity contribution in [1.29, 1.82) is 0 Å². The Labute approximate surface area is 105 Å². The molecule has 1 rings (SSSR count). The van der Waals surface area contributed by atoms with Crippen LogP contribution in [-0.4, -0.2) is 18.1 Å². The molecule has 0 amide bonds. The molecule has 0 aliphatic carbocycles. The lowest BCUT2D eigenvalue weighted by Gasteiger charge is -2.15. The van der Waals surface area contributed by atoms with Crippen LogP contribution in [0.2, 0.25) is 0 Å². The molecule has 1 N–H and O–H groups in total. The van der Waals surface area contributed by atoms with Crippen LogP contribution < -0.4 is 5.32 Å². The lowest BCUT2D eigenvalue weighted by molar-refractivity contribution is 0.486. The van der Waals surface area contributed by atoms with Crippen LogP contribution >= 0.6 is 0 Å². The van der Waals surface area contributed by atoms with Gasteiger partial charge in [-0.3, -0.25) is 4.98 Å². The van der Waals surface area contributed by atoms with Gasteiger partial charge in [0.15, 0.2) is 0 Å². The van der Waals surface area contributed by atoms with Crippen molar-refractivity contribution < 1.29 is 0 Å². The predicted octanol–water partition coefficient (Wildman–Crippen LogP) is 3.35. The van der Waals surface area contributed by atoms with Gasteiger partial charge in [-0.15, -0.1) is 6.58 Å². The number of unbranched alkanes of at least 4 members (excludes halogenated alkanes) is 3. The summed E-state index contributed by atoms with van der Waals surface area (Å²) in [6.45, 7) is 3.75. The summed E-state index contributed by atoms with van der Waals surface area (Å²) in [4.78, 5) is 4.15. The molecule has 1 aromatic heterocycles. The van der Waals surface area contributed by atoms with Gasteiger partial charge in [0.1, 0.15) is 0 Å². The summed E-state index contributed by atoms with van der Waals surface area (Å²) in [6, 6.07) is 4.73. The summed E-state index contributed by atoms with van der Waals surface area (Å²) >= 11 is 0. The highest BCUT2D eigenvalue weighted by Gasteiger charge is 2.06. The Balaban J connectivity index is 2.22. The number of hydrogen-bond donors (Lipinski definition) is 1. The number of nitrogens with one attached hydrogen (secondary N) is 1. The molecule has 1 atom stereocenters. The van der Waals surface area contributed by atoms with E-state index >= 15 is 0 Å². The second kappa shape index (κ2) is 8.94. The largest absolute Gasteiger partial charge is 0.317 e. The highest BCUT2D eigenvalue weighted by Crippen LogP contribution is 2.10. The second-order valence-electron chi connectivity index (χ2n) is 4.48. The van der Waals surface area contributed by atoms with E-state index in [1.54, 1.807) is 0 Å². The fourth-order valence-corrected chi connectivity index (χ4v) is 2.01. The third-order valence-electron chi connectivity index (χ3n) is 3.07. The molecule has 0 fully saturated rings. The Kier molecular flexibility index (Phi) is 7.32. The number of pyridine rings is 1. The Morgan fingerprint density at radius 3 is 2.94 bits per heavy atom. The smallest absolute Gasteiger partial charge is 0.0300 e. The molecule has 1 aromatic rings. The van der Waals surface area contributed by atoms with Crippen LogP contribution in [0.25, 0.3) is 0 Å². The molecule has 0 aliphatic rings. The average Bonchev–Trinajstić information content (AvgIpc) is 2.38. The van der Waals surface area contributed by atoms with E-state index in [9.17, 15) is 0 Å². The molecule has 0 spiro atoms. The van der Waals surface area contributed by atoms with Crippen molar-refractivity contribution in [3.63, 3.8) is 0 Å². The van der Waals surface area contributed by atoms with E-state index in [1.165, 1.54) is 31.2 Å². The van der Waals surface area contributed by atoms with Gasteiger partial charge in [-0.25, -0.2) is 0 Å². The summed E-state index contributed by atoms with van der Waals surface area (Å²) in [7, 11) is 2.05. The van der Waals surface area contributed by atoms with Gasteiger partial charge in [0, 0.05) is 18.4 Å². The Morgan fingerprint density at radius 1 is 1.41 bits per heavy atom. The van der Waals surface area contributed by atoms with Crippen LogP contribution in [0.3, 0.4) is 0 Å². The molecular formula is C15H24N2. The van der Waals surface area contributed by atoms with Crippen molar-refractivity contribution in [2.45, 2.75) is 44.6 Å². The van der Waals surface area contributed by atoms with Crippen molar-refractivity contribution in [2.24, 2.45) is 0 Å². The minimum Gasteiger partial charge on any atom is -0.317 e. The highest BCUT2D eigenvalue weighted by molar-refractivity contribution is 5.10. The van der Waals surface area contributed by atoms with Crippen molar-refractivity contribution in [2.75, 3.05) is 7.05 Å². The lowest BCUT2D eigenvalue weighted by Crippen LogP contribution is -2.27. The maximum Gasteiger partial charge on any atom is 0.0300 e. The van der Waals surface area contributed by atoms with Gasteiger partial charge in [0.25, 0.3) is 0 Å². The monoisotopic (exact) mass is 232 g/mol. The fraction of sp³-hybridized carbons (Fsp3) is 0.533. The molecule has 0 bridgehead atoms. The third kappa shape index (κ3) is 6.22. The van der Waals surface area contributed by atoms with E-state index in [2.05, 4.69) is 22.9 Å². The number of likely N-dealkylation sites (N-methyl/N-ethyl adjacent to an activating group) is 1. The first kappa shape index (κ1) is 13.9. The zero-order chi connectivity index (χ0) is 12.3. The van der Waals surface area contributed by atoms with Gasteiger partial charge in [0.05, 0.1) is 0 Å². The standard InChI is InChI=1S/C15H24N2/c1-3-4-5-6-7-10-15(16-2)12-14-9-8-11-17-13-14/h3,8-9,11,13,15-16H,1,4-7,10,12H2,2H3. The van der Waals surface area contributed by atoms with Crippen LogP contribution in [0.1, 0.15) is 37.7 Å². The summed E-state index contributed by atoms with van der Waals surface area (Å²) in [5.74, 6) is 0. The molecule has 2 nitrogen and oxygen atoms in total. The van der Waals surface area contributed by atoms with E-state index in [0.29, 0.717) is 6.04 Å². The van der Waals surface area contributed by atoms with Gasteiger partial charge in [-0.2, -0.15) is 0 Å². The van der Waals surface area contributed by atoms with Gasteiger partial charge in [-0.05, 0) is 44.4 Å². The first-order valence-electron chi connectivity index (χ1n) is 6.54. The van der Waals surface area contributed by atoms with Crippen LogP contribution in [-0.2, 0) is 6.42 Å². The number of hydrogen-bond acceptors (Lipinski definition) is 2. The Morgan fingerprint density at radius 2 is 2.29 bits per heavy atom.